The minimum Gasteiger partial charge on any atom is -0.543 e. The molecular weight excluding hydrogens is 617 g/mol. The summed E-state index contributed by atoms with van der Waals surface area (Å²) in [5.41, 5.74) is 1.34. The number of benzene rings is 1. The Hall–Kier alpha value is -2.74. The van der Waals surface area contributed by atoms with Gasteiger partial charge < -0.3 is 28.5 Å². The average molecular weight is 673 g/mol. The Morgan fingerprint density at radius 2 is 1.70 bits per heavy atom. The van der Waals surface area contributed by atoms with Crippen molar-refractivity contribution in [2.45, 2.75) is 134 Å². The number of oxime groups is 1. The van der Waals surface area contributed by atoms with Crippen LogP contribution in [-0.4, -0.2) is 66.3 Å². The van der Waals surface area contributed by atoms with Crippen LogP contribution >= 0.6 is 0 Å². The second kappa shape index (κ2) is 15.4. The highest BCUT2D eigenvalue weighted by Crippen LogP contribution is 2.42. The highest BCUT2D eigenvalue weighted by atomic mass is 28.4. The van der Waals surface area contributed by atoms with E-state index in [0.717, 1.165) is 18.4 Å². The average Bonchev–Trinajstić information content (AvgIpc) is 2.91. The molecule has 0 aromatic heterocycles. The van der Waals surface area contributed by atoms with Gasteiger partial charge in [0.1, 0.15) is 24.5 Å². The number of amides is 1. The van der Waals surface area contributed by atoms with Gasteiger partial charge in [0.2, 0.25) is 5.91 Å². The normalized spacial score (nSPS) is 23.3. The number of allylic oxidation sites excluding steroid dienone is 1. The summed E-state index contributed by atoms with van der Waals surface area (Å²) in [4.78, 5) is 30.7. The summed E-state index contributed by atoms with van der Waals surface area (Å²) in [7, 11) is -2.86. The molecule has 1 aromatic carbocycles. The first-order chi connectivity index (χ1) is 21.3. The second-order valence-electron chi connectivity index (χ2n) is 15.4. The third kappa shape index (κ3) is 10.4. The summed E-state index contributed by atoms with van der Waals surface area (Å²) in [6.45, 7) is 22.3. The zero-order chi connectivity index (χ0) is 34.3. The van der Waals surface area contributed by atoms with Crippen LogP contribution in [0.4, 0.5) is 0 Å². The lowest BCUT2D eigenvalue weighted by Gasteiger charge is -2.44. The molecule has 256 valence electrons. The van der Waals surface area contributed by atoms with E-state index >= 15 is 0 Å². The van der Waals surface area contributed by atoms with E-state index in [1.807, 2.05) is 24.3 Å². The first kappa shape index (κ1) is 37.7. The summed E-state index contributed by atoms with van der Waals surface area (Å²) in [5.74, 6) is -0.130. The molecule has 2 aliphatic rings. The van der Waals surface area contributed by atoms with E-state index in [1.54, 1.807) is 6.20 Å². The molecule has 9 nitrogen and oxygen atoms in total. The van der Waals surface area contributed by atoms with Crippen LogP contribution in [0.25, 0.3) is 0 Å². The van der Waals surface area contributed by atoms with Crippen LogP contribution in [0, 0.1) is 0 Å². The number of carbonyl (C=O) groups is 2. The smallest absolute Gasteiger partial charge is 0.342 e. The molecular formula is C35H56N2O7Si2. The molecule has 0 radical (unpaired) electrons. The van der Waals surface area contributed by atoms with E-state index in [4.69, 9.17) is 18.3 Å². The molecule has 2 heterocycles. The van der Waals surface area contributed by atoms with Crippen molar-refractivity contribution in [1.29, 1.82) is 0 Å². The Kier molecular flexibility index (Phi) is 12.7. The Labute approximate surface area is 278 Å². The van der Waals surface area contributed by atoms with Gasteiger partial charge >= 0.3 is 5.97 Å². The minimum absolute atomic E-state index is 0.0485. The first-order valence-electron chi connectivity index (χ1n) is 16.4. The van der Waals surface area contributed by atoms with Crippen molar-refractivity contribution in [2.24, 2.45) is 5.16 Å². The van der Waals surface area contributed by atoms with Crippen molar-refractivity contribution in [1.82, 2.24) is 5.32 Å². The lowest BCUT2D eigenvalue weighted by Crippen LogP contribution is -2.48. The van der Waals surface area contributed by atoms with E-state index in [0.29, 0.717) is 30.6 Å². The summed E-state index contributed by atoms with van der Waals surface area (Å²) < 4.78 is 26.6. The predicted molar refractivity (Wildman–Crippen MR) is 188 cm³/mol. The van der Waals surface area contributed by atoms with Gasteiger partial charge in [-0.05, 0) is 73.2 Å². The standard InChI is InChI=1S/C35H56N2O7Si2/c1-34(2,3)45(8,9)43-29-23-27-21-25-15-12-17-30(44-46(10,11)35(4,5)6)32(25)33(39)42-26(22-28(24-29)41-27)16-13-19-36-31(38)18-14-20-37-40-7/h12-15,17-20,26-29H,16,21-24H2,1-11H3,(H,36,38)/b18-14+,19-13-,37-20+/t26-,27-,28-,29+/m0/s1. The van der Waals surface area contributed by atoms with Crippen LogP contribution in [0.1, 0.15) is 83.1 Å². The first-order valence-corrected chi connectivity index (χ1v) is 22.2. The number of rotatable bonds is 10. The van der Waals surface area contributed by atoms with Gasteiger partial charge in [0.15, 0.2) is 8.32 Å². The number of hydrogen-bond donors (Lipinski definition) is 1. The van der Waals surface area contributed by atoms with Crippen molar-refractivity contribution in [3.63, 3.8) is 0 Å². The quantitative estimate of drug-likeness (QED) is 0.0894. The van der Waals surface area contributed by atoms with Gasteiger partial charge in [-0.25, -0.2) is 4.79 Å². The topological polar surface area (TPSA) is 105 Å². The monoisotopic (exact) mass is 672 g/mol. The van der Waals surface area contributed by atoms with Crippen molar-refractivity contribution >= 4 is 34.7 Å². The van der Waals surface area contributed by atoms with E-state index in [1.165, 1.54) is 25.5 Å². The fourth-order valence-electron chi connectivity index (χ4n) is 5.11. The van der Waals surface area contributed by atoms with Crippen LogP contribution in [0.3, 0.4) is 0 Å². The maximum Gasteiger partial charge on any atom is 0.342 e. The number of ether oxygens (including phenoxy) is 2. The zero-order valence-electron chi connectivity index (χ0n) is 29.8. The number of carbonyl (C=O) groups excluding carboxylic acids is 2. The summed E-state index contributed by atoms with van der Waals surface area (Å²) in [6.07, 6.45) is 9.93. The van der Waals surface area contributed by atoms with Gasteiger partial charge in [-0.15, -0.1) is 0 Å². The molecule has 11 heteroatoms. The van der Waals surface area contributed by atoms with Crippen molar-refractivity contribution in [2.75, 3.05) is 7.11 Å². The molecule has 1 N–H and O–H groups in total. The Morgan fingerprint density at radius 3 is 2.35 bits per heavy atom. The number of nitrogens with one attached hydrogen (secondary N) is 1. The van der Waals surface area contributed by atoms with E-state index in [9.17, 15) is 9.59 Å². The molecule has 4 atom stereocenters. The highest BCUT2D eigenvalue weighted by molar-refractivity contribution is 6.75. The van der Waals surface area contributed by atoms with Gasteiger partial charge in [0.05, 0.1) is 18.4 Å². The number of hydrogen-bond acceptors (Lipinski definition) is 8. The van der Waals surface area contributed by atoms with Gasteiger partial charge in [-0.1, -0.05) is 64.9 Å². The van der Waals surface area contributed by atoms with Gasteiger partial charge in [0.25, 0.3) is 8.32 Å². The number of nitrogens with zero attached hydrogens (tertiary/aromatic N) is 1. The Bertz CT molecular complexity index is 1290. The van der Waals surface area contributed by atoms with Gasteiger partial charge in [-0.3, -0.25) is 4.79 Å². The van der Waals surface area contributed by atoms with Crippen LogP contribution < -0.4 is 9.74 Å². The lowest BCUT2D eigenvalue weighted by atomic mass is 9.91. The van der Waals surface area contributed by atoms with E-state index in [-0.39, 0.29) is 40.3 Å². The van der Waals surface area contributed by atoms with E-state index in [2.05, 4.69) is 83.0 Å². The summed E-state index contributed by atoms with van der Waals surface area (Å²) >= 11 is 0. The van der Waals surface area contributed by atoms with Crippen LogP contribution in [0.5, 0.6) is 5.75 Å². The molecule has 0 saturated carbocycles. The van der Waals surface area contributed by atoms with Crippen LogP contribution in [0.2, 0.25) is 36.3 Å². The Balaban J connectivity index is 1.94. The van der Waals surface area contributed by atoms with Crippen LogP contribution in [-0.2, 0) is 30.0 Å². The number of fused-ring (bicyclic) bond motifs is 3. The SMILES string of the molecule is CO/N=C/C=C/C(=O)N/C=C\C[C@H]1C[C@H]2C[C@H](O[Si](C)(C)C(C)(C)C)C[C@H](Cc3cccc(O[Si](C)(C)C(C)(C)C)c3C(=O)O1)O2. The number of esters is 1. The molecule has 46 heavy (non-hydrogen) atoms. The third-order valence-corrected chi connectivity index (χ3v) is 18.6. The van der Waals surface area contributed by atoms with Gasteiger partial charge in [-0.2, -0.15) is 0 Å². The lowest BCUT2D eigenvalue weighted by molar-refractivity contribution is -0.115. The molecule has 0 spiro atoms. The molecule has 1 aromatic rings. The third-order valence-electron chi connectivity index (χ3n) is 9.68. The maximum atomic E-state index is 14.0. The molecule has 1 amide bonds. The maximum absolute atomic E-state index is 14.0. The van der Waals surface area contributed by atoms with Crippen molar-refractivity contribution in [3.8, 4) is 5.75 Å². The highest BCUT2D eigenvalue weighted by Gasteiger charge is 2.43. The molecule has 2 aliphatic heterocycles. The molecule has 0 aliphatic carbocycles. The molecule has 0 unspecified atom stereocenters. The van der Waals surface area contributed by atoms with Crippen molar-refractivity contribution < 1.29 is 32.8 Å². The fraction of sp³-hybridized carbons (Fsp3) is 0.629. The predicted octanol–water partition coefficient (Wildman–Crippen LogP) is 7.69. The molecule has 2 bridgehead atoms. The second-order valence-corrected chi connectivity index (χ2v) is 24.9. The molecule has 1 saturated heterocycles. The minimum atomic E-state index is -2.26. The fourth-order valence-corrected chi connectivity index (χ4v) is 7.51. The van der Waals surface area contributed by atoms with E-state index < -0.39 is 22.7 Å². The van der Waals surface area contributed by atoms with Gasteiger partial charge in [0, 0.05) is 31.2 Å². The summed E-state index contributed by atoms with van der Waals surface area (Å²) in [6, 6.07) is 5.83. The number of cyclic esters (lactones) is 1. The van der Waals surface area contributed by atoms with Crippen molar-refractivity contribution in [3.05, 3.63) is 53.8 Å². The largest absolute Gasteiger partial charge is 0.543 e. The van der Waals surface area contributed by atoms with Crippen LogP contribution in [0.15, 0.2) is 47.8 Å². The molecule has 1 fully saturated rings. The Morgan fingerprint density at radius 1 is 1.02 bits per heavy atom. The zero-order valence-corrected chi connectivity index (χ0v) is 31.8. The molecule has 3 rings (SSSR count). The summed E-state index contributed by atoms with van der Waals surface area (Å²) in [5, 5.41) is 6.31.